The Balaban J connectivity index is 2.13. The largest absolute Gasteiger partial charge is 0.478 e. The highest BCUT2D eigenvalue weighted by Gasteiger charge is 2.39. The third kappa shape index (κ3) is 3.12. The Kier molecular flexibility index (Phi) is 4.29. The molecule has 3 rings (SSSR count). The lowest BCUT2D eigenvalue weighted by Gasteiger charge is -2.39. The summed E-state index contributed by atoms with van der Waals surface area (Å²) in [5.74, 6) is -1.77. The normalized spacial score (nSPS) is 15.8. The number of carbonyl (C=O) groups is 2. The maximum atomic E-state index is 14.2. The van der Waals surface area contributed by atoms with Crippen LogP contribution in [0.3, 0.4) is 0 Å². The molecule has 1 aliphatic rings. The number of carboxylic acid groups (broad SMARTS) is 1. The zero-order chi connectivity index (χ0) is 18.4. The third-order valence-electron chi connectivity index (χ3n) is 4.46. The number of benzene rings is 2. The fourth-order valence-electron chi connectivity index (χ4n) is 3.12. The van der Waals surface area contributed by atoms with Crippen LogP contribution in [-0.2, 0) is 17.8 Å². The van der Waals surface area contributed by atoms with Crippen LogP contribution in [0.1, 0.15) is 35.3 Å². The molecular formula is C19H17ClFNO3. The summed E-state index contributed by atoms with van der Waals surface area (Å²) in [5, 5.41) is 9.46. The van der Waals surface area contributed by atoms with Crippen LogP contribution >= 0.6 is 11.6 Å². The van der Waals surface area contributed by atoms with Gasteiger partial charge in [-0.3, -0.25) is 4.79 Å². The van der Waals surface area contributed by atoms with E-state index in [0.29, 0.717) is 12.1 Å². The fraction of sp³-hybridized carbons (Fsp3) is 0.263. The van der Waals surface area contributed by atoms with Gasteiger partial charge in [-0.2, -0.15) is 0 Å². The lowest BCUT2D eigenvalue weighted by molar-refractivity contribution is -0.127. The average molecular weight is 362 g/mol. The Morgan fingerprint density at radius 3 is 2.68 bits per heavy atom. The summed E-state index contributed by atoms with van der Waals surface area (Å²) in [6.45, 7) is 3.59. The summed E-state index contributed by atoms with van der Waals surface area (Å²) >= 11 is 6.10. The van der Waals surface area contributed by atoms with Crippen molar-refractivity contribution in [2.75, 3.05) is 4.90 Å². The molecule has 0 atom stereocenters. The van der Waals surface area contributed by atoms with Gasteiger partial charge in [0, 0.05) is 21.7 Å². The van der Waals surface area contributed by atoms with E-state index >= 15 is 0 Å². The average Bonchev–Trinajstić information content (AvgIpc) is 2.53. The zero-order valence-corrected chi connectivity index (χ0v) is 14.6. The second kappa shape index (κ2) is 6.15. The molecule has 2 aromatic rings. The first-order valence-corrected chi connectivity index (χ1v) is 8.19. The highest BCUT2D eigenvalue weighted by atomic mass is 35.5. The van der Waals surface area contributed by atoms with E-state index in [1.165, 1.54) is 29.2 Å². The minimum atomic E-state index is -1.08. The molecule has 1 N–H and O–H groups in total. The lowest BCUT2D eigenvalue weighted by Crippen LogP contribution is -2.46. The Hall–Kier alpha value is -2.40. The molecule has 2 aromatic carbocycles. The Morgan fingerprint density at radius 2 is 2.04 bits per heavy atom. The number of hydrogen-bond donors (Lipinski definition) is 1. The van der Waals surface area contributed by atoms with Crippen molar-refractivity contribution >= 4 is 29.2 Å². The number of carboxylic acids is 1. The van der Waals surface area contributed by atoms with Gasteiger partial charge in [0.25, 0.3) is 0 Å². The van der Waals surface area contributed by atoms with Crippen molar-refractivity contribution in [3.8, 4) is 0 Å². The van der Waals surface area contributed by atoms with Crippen LogP contribution in [0.5, 0.6) is 0 Å². The van der Waals surface area contributed by atoms with Gasteiger partial charge in [0.1, 0.15) is 5.82 Å². The molecule has 0 aliphatic carbocycles. The lowest BCUT2D eigenvalue weighted by atomic mass is 9.79. The molecule has 0 bridgehead atoms. The molecule has 1 amide bonds. The molecule has 0 saturated heterocycles. The molecule has 4 nitrogen and oxygen atoms in total. The topological polar surface area (TPSA) is 57.6 Å². The molecule has 130 valence electrons. The van der Waals surface area contributed by atoms with Crippen LogP contribution in [0.15, 0.2) is 36.4 Å². The molecule has 0 aromatic heterocycles. The van der Waals surface area contributed by atoms with Gasteiger partial charge in [0.05, 0.1) is 12.1 Å². The molecule has 1 heterocycles. The number of aromatic carboxylic acids is 1. The van der Waals surface area contributed by atoms with Crippen molar-refractivity contribution in [2.45, 2.75) is 26.8 Å². The standard InChI is InChI=1S/C19H17ClFNO3/c1-19(2)9-12-7-6-11(17(23)24)8-16(12)22(18(19)25)10-13-14(20)4-3-5-15(13)21/h3-8H,9-10H2,1-2H3,(H,23,24). The first kappa shape index (κ1) is 17.4. The summed E-state index contributed by atoms with van der Waals surface area (Å²) in [5.41, 5.74) is 0.957. The van der Waals surface area contributed by atoms with E-state index in [1.54, 1.807) is 12.1 Å². The second-order valence-corrected chi connectivity index (χ2v) is 7.21. The number of rotatable bonds is 3. The summed E-state index contributed by atoms with van der Waals surface area (Å²) in [4.78, 5) is 25.6. The minimum absolute atomic E-state index is 0.0517. The number of anilines is 1. The van der Waals surface area contributed by atoms with Crippen LogP contribution < -0.4 is 4.90 Å². The van der Waals surface area contributed by atoms with E-state index in [1.807, 2.05) is 13.8 Å². The molecule has 25 heavy (non-hydrogen) atoms. The summed E-state index contributed by atoms with van der Waals surface area (Å²) in [7, 11) is 0. The summed E-state index contributed by atoms with van der Waals surface area (Å²) < 4.78 is 14.2. The number of fused-ring (bicyclic) bond motifs is 1. The van der Waals surface area contributed by atoms with Gasteiger partial charge in [-0.25, -0.2) is 9.18 Å². The third-order valence-corrected chi connectivity index (χ3v) is 4.81. The van der Waals surface area contributed by atoms with Crippen molar-refractivity contribution < 1.29 is 19.1 Å². The van der Waals surface area contributed by atoms with E-state index in [-0.39, 0.29) is 28.6 Å². The van der Waals surface area contributed by atoms with Gasteiger partial charge >= 0.3 is 5.97 Å². The predicted octanol–water partition coefficient (Wildman–Crippen LogP) is 4.29. The van der Waals surface area contributed by atoms with E-state index in [0.717, 1.165) is 5.56 Å². The van der Waals surface area contributed by atoms with Gasteiger partial charge in [-0.05, 0) is 36.2 Å². The minimum Gasteiger partial charge on any atom is -0.478 e. The van der Waals surface area contributed by atoms with E-state index in [4.69, 9.17) is 11.6 Å². The monoisotopic (exact) mass is 361 g/mol. The summed E-state index contributed by atoms with van der Waals surface area (Å²) in [6, 6.07) is 9.03. The van der Waals surface area contributed by atoms with Gasteiger partial charge in [-0.1, -0.05) is 37.6 Å². The molecule has 0 saturated carbocycles. The van der Waals surface area contributed by atoms with Gasteiger partial charge < -0.3 is 10.0 Å². The predicted molar refractivity (Wildman–Crippen MR) is 93.5 cm³/mol. The van der Waals surface area contributed by atoms with Gasteiger partial charge in [0.2, 0.25) is 5.91 Å². The highest BCUT2D eigenvalue weighted by molar-refractivity contribution is 6.31. The second-order valence-electron chi connectivity index (χ2n) is 6.80. The van der Waals surface area contributed by atoms with E-state index in [9.17, 15) is 19.1 Å². The number of amides is 1. The molecule has 0 radical (unpaired) electrons. The van der Waals surface area contributed by atoms with Crippen molar-refractivity contribution in [1.82, 2.24) is 0 Å². The molecule has 0 unspecified atom stereocenters. The SMILES string of the molecule is CC1(C)Cc2ccc(C(=O)O)cc2N(Cc2c(F)cccc2Cl)C1=O. The van der Waals surface area contributed by atoms with Gasteiger partial charge in [0.15, 0.2) is 0 Å². The van der Waals surface area contributed by atoms with Crippen molar-refractivity contribution in [3.05, 3.63) is 63.9 Å². The smallest absolute Gasteiger partial charge is 0.335 e. The Morgan fingerprint density at radius 1 is 1.32 bits per heavy atom. The number of halogens is 2. The number of carbonyl (C=O) groups excluding carboxylic acids is 1. The van der Waals surface area contributed by atoms with Crippen LogP contribution in [0.25, 0.3) is 0 Å². The Bertz CT molecular complexity index is 859. The molecule has 0 fully saturated rings. The molecule has 1 aliphatic heterocycles. The van der Waals surface area contributed by atoms with Crippen molar-refractivity contribution in [1.29, 1.82) is 0 Å². The molecular weight excluding hydrogens is 345 g/mol. The van der Waals surface area contributed by atoms with Crippen LogP contribution in [0.4, 0.5) is 10.1 Å². The Labute approximate surface area is 149 Å². The van der Waals surface area contributed by atoms with Crippen molar-refractivity contribution in [2.24, 2.45) is 5.41 Å². The molecule has 0 spiro atoms. The van der Waals surface area contributed by atoms with Crippen molar-refractivity contribution in [3.63, 3.8) is 0 Å². The fourth-order valence-corrected chi connectivity index (χ4v) is 3.35. The zero-order valence-electron chi connectivity index (χ0n) is 13.8. The number of nitrogens with zero attached hydrogens (tertiary/aromatic N) is 1. The van der Waals surface area contributed by atoms with Crippen LogP contribution in [0, 0.1) is 11.2 Å². The van der Waals surface area contributed by atoms with Crippen LogP contribution in [0.2, 0.25) is 5.02 Å². The number of hydrogen-bond acceptors (Lipinski definition) is 2. The van der Waals surface area contributed by atoms with E-state index < -0.39 is 17.2 Å². The van der Waals surface area contributed by atoms with E-state index in [2.05, 4.69) is 0 Å². The summed E-state index contributed by atoms with van der Waals surface area (Å²) in [6.07, 6.45) is 0.489. The first-order chi connectivity index (χ1) is 11.7. The van der Waals surface area contributed by atoms with Crippen LogP contribution in [-0.4, -0.2) is 17.0 Å². The highest BCUT2D eigenvalue weighted by Crippen LogP contribution is 2.39. The first-order valence-electron chi connectivity index (χ1n) is 7.82. The maximum Gasteiger partial charge on any atom is 0.335 e. The molecule has 6 heteroatoms. The quantitative estimate of drug-likeness (QED) is 0.887. The van der Waals surface area contributed by atoms with Gasteiger partial charge in [-0.15, -0.1) is 0 Å². The maximum absolute atomic E-state index is 14.2.